The Morgan fingerprint density at radius 2 is 1.95 bits per heavy atom. The monoisotopic (exact) mass is 261 g/mol. The van der Waals surface area contributed by atoms with E-state index in [0.717, 1.165) is 12.0 Å². The van der Waals surface area contributed by atoms with Gasteiger partial charge in [0.1, 0.15) is 6.04 Å². The second-order valence-electron chi connectivity index (χ2n) is 4.35. The van der Waals surface area contributed by atoms with Crippen LogP contribution in [0.4, 0.5) is 0 Å². The number of hydrogen-bond donors (Lipinski definition) is 2. The van der Waals surface area contributed by atoms with E-state index in [1.165, 1.54) is 0 Å². The van der Waals surface area contributed by atoms with E-state index in [1.807, 2.05) is 37.3 Å². The second-order valence-corrected chi connectivity index (χ2v) is 4.35. The normalized spacial score (nSPS) is 12.8. The highest BCUT2D eigenvalue weighted by atomic mass is 16.4. The SMILES string of the molecule is CC/C=C(/C)C(=O)N[C@@H](Cc1ccccc1)C(=O)O. The number of rotatable bonds is 6. The summed E-state index contributed by atoms with van der Waals surface area (Å²) in [5.74, 6) is -1.35. The molecule has 1 aromatic rings. The van der Waals surface area contributed by atoms with E-state index < -0.39 is 12.0 Å². The van der Waals surface area contributed by atoms with Gasteiger partial charge in [-0.25, -0.2) is 4.79 Å². The molecule has 2 N–H and O–H groups in total. The van der Waals surface area contributed by atoms with Crippen LogP contribution < -0.4 is 5.32 Å². The van der Waals surface area contributed by atoms with E-state index in [1.54, 1.807) is 13.0 Å². The van der Waals surface area contributed by atoms with Crippen molar-refractivity contribution >= 4 is 11.9 Å². The van der Waals surface area contributed by atoms with E-state index >= 15 is 0 Å². The number of benzene rings is 1. The summed E-state index contributed by atoms with van der Waals surface area (Å²) in [7, 11) is 0. The van der Waals surface area contributed by atoms with Crippen LogP contribution >= 0.6 is 0 Å². The molecule has 0 spiro atoms. The standard InChI is InChI=1S/C15H19NO3/c1-3-7-11(2)14(17)16-13(15(18)19)10-12-8-5-4-6-9-12/h4-9,13H,3,10H2,1-2H3,(H,16,17)(H,18,19)/b11-7-/t13-/m0/s1. The van der Waals surface area contributed by atoms with Crippen molar-refractivity contribution in [3.63, 3.8) is 0 Å². The maximum Gasteiger partial charge on any atom is 0.326 e. The first-order chi connectivity index (χ1) is 9.04. The molecule has 0 saturated heterocycles. The summed E-state index contributed by atoms with van der Waals surface area (Å²) in [4.78, 5) is 23.0. The number of allylic oxidation sites excluding steroid dienone is 1. The Morgan fingerprint density at radius 3 is 2.47 bits per heavy atom. The molecule has 0 saturated carbocycles. The number of carboxylic acid groups (broad SMARTS) is 1. The summed E-state index contributed by atoms with van der Waals surface area (Å²) in [6, 6.07) is 8.34. The first-order valence-electron chi connectivity index (χ1n) is 6.29. The van der Waals surface area contributed by atoms with Crippen molar-refractivity contribution in [3.8, 4) is 0 Å². The highest BCUT2D eigenvalue weighted by Gasteiger charge is 2.20. The van der Waals surface area contributed by atoms with Crippen LogP contribution in [0.15, 0.2) is 42.0 Å². The Labute approximate surface area is 113 Å². The minimum absolute atomic E-state index is 0.279. The summed E-state index contributed by atoms with van der Waals surface area (Å²) in [5.41, 5.74) is 1.43. The topological polar surface area (TPSA) is 66.4 Å². The zero-order valence-electron chi connectivity index (χ0n) is 11.2. The first kappa shape index (κ1) is 15.0. The zero-order chi connectivity index (χ0) is 14.3. The molecule has 0 aromatic heterocycles. The Morgan fingerprint density at radius 1 is 1.32 bits per heavy atom. The van der Waals surface area contributed by atoms with Crippen LogP contribution in [-0.4, -0.2) is 23.0 Å². The first-order valence-corrected chi connectivity index (χ1v) is 6.29. The minimum Gasteiger partial charge on any atom is -0.480 e. The Hall–Kier alpha value is -2.10. The van der Waals surface area contributed by atoms with E-state index in [4.69, 9.17) is 5.11 Å². The Bertz CT molecular complexity index is 466. The maximum atomic E-state index is 11.8. The van der Waals surface area contributed by atoms with E-state index in [-0.39, 0.29) is 12.3 Å². The molecule has 19 heavy (non-hydrogen) atoms. The van der Waals surface area contributed by atoms with Gasteiger partial charge in [0, 0.05) is 12.0 Å². The molecule has 0 radical (unpaired) electrons. The predicted molar refractivity (Wildman–Crippen MR) is 73.8 cm³/mol. The quantitative estimate of drug-likeness (QED) is 0.771. The van der Waals surface area contributed by atoms with Crippen molar-refractivity contribution < 1.29 is 14.7 Å². The van der Waals surface area contributed by atoms with E-state index in [2.05, 4.69) is 5.32 Å². The fourth-order valence-electron chi connectivity index (χ4n) is 1.72. The number of nitrogens with one attached hydrogen (secondary N) is 1. The predicted octanol–water partition coefficient (Wildman–Crippen LogP) is 2.15. The number of hydrogen-bond acceptors (Lipinski definition) is 2. The van der Waals surface area contributed by atoms with Crippen molar-refractivity contribution in [3.05, 3.63) is 47.5 Å². The number of carbonyl (C=O) groups is 2. The van der Waals surface area contributed by atoms with Crippen LogP contribution in [0.2, 0.25) is 0 Å². The summed E-state index contributed by atoms with van der Waals surface area (Å²) in [6.45, 7) is 3.61. The van der Waals surface area contributed by atoms with Crippen LogP contribution in [0.1, 0.15) is 25.8 Å². The lowest BCUT2D eigenvalue weighted by atomic mass is 10.1. The third-order valence-corrected chi connectivity index (χ3v) is 2.75. The summed E-state index contributed by atoms with van der Waals surface area (Å²) in [5, 5.41) is 11.7. The third-order valence-electron chi connectivity index (χ3n) is 2.75. The molecule has 0 heterocycles. The molecule has 0 unspecified atom stereocenters. The highest BCUT2D eigenvalue weighted by molar-refractivity contribution is 5.95. The van der Waals surface area contributed by atoms with Crippen molar-refractivity contribution in [1.82, 2.24) is 5.32 Å². The van der Waals surface area contributed by atoms with Gasteiger partial charge in [-0.05, 0) is 18.9 Å². The number of carboxylic acids is 1. The van der Waals surface area contributed by atoms with Crippen LogP contribution in [0, 0.1) is 0 Å². The van der Waals surface area contributed by atoms with Crippen LogP contribution in [0.5, 0.6) is 0 Å². The molecule has 1 rings (SSSR count). The fourth-order valence-corrected chi connectivity index (χ4v) is 1.72. The van der Waals surface area contributed by atoms with Gasteiger partial charge in [0.25, 0.3) is 0 Å². The molecule has 0 aliphatic heterocycles. The molecular weight excluding hydrogens is 242 g/mol. The van der Waals surface area contributed by atoms with Gasteiger partial charge in [-0.1, -0.05) is 43.3 Å². The van der Waals surface area contributed by atoms with Gasteiger partial charge in [-0.3, -0.25) is 4.79 Å². The smallest absolute Gasteiger partial charge is 0.326 e. The maximum absolute atomic E-state index is 11.8. The van der Waals surface area contributed by atoms with Crippen LogP contribution in [0.3, 0.4) is 0 Å². The lowest BCUT2D eigenvalue weighted by Gasteiger charge is -2.14. The van der Waals surface area contributed by atoms with Gasteiger partial charge in [-0.2, -0.15) is 0 Å². The minimum atomic E-state index is -1.03. The second kappa shape index (κ2) is 7.36. The summed E-state index contributed by atoms with van der Waals surface area (Å²) >= 11 is 0. The molecule has 0 bridgehead atoms. The summed E-state index contributed by atoms with van der Waals surface area (Å²) < 4.78 is 0. The van der Waals surface area contributed by atoms with Gasteiger partial charge in [0.15, 0.2) is 0 Å². The lowest BCUT2D eigenvalue weighted by Crippen LogP contribution is -2.42. The van der Waals surface area contributed by atoms with Gasteiger partial charge < -0.3 is 10.4 Å². The molecule has 4 heteroatoms. The van der Waals surface area contributed by atoms with Crippen LogP contribution in [-0.2, 0) is 16.0 Å². The number of amides is 1. The molecule has 0 aliphatic carbocycles. The molecule has 0 fully saturated rings. The van der Waals surface area contributed by atoms with E-state index in [0.29, 0.717) is 5.57 Å². The average Bonchev–Trinajstić information content (AvgIpc) is 2.39. The Balaban J connectivity index is 2.72. The Kier molecular flexibility index (Phi) is 5.79. The van der Waals surface area contributed by atoms with Gasteiger partial charge in [0.2, 0.25) is 5.91 Å². The number of aliphatic carboxylic acids is 1. The average molecular weight is 261 g/mol. The van der Waals surface area contributed by atoms with Crippen molar-refractivity contribution in [2.75, 3.05) is 0 Å². The highest BCUT2D eigenvalue weighted by Crippen LogP contribution is 2.05. The largest absolute Gasteiger partial charge is 0.480 e. The molecule has 1 aromatic carbocycles. The summed E-state index contributed by atoms with van der Waals surface area (Å²) in [6.07, 6.45) is 2.80. The van der Waals surface area contributed by atoms with Crippen molar-refractivity contribution in [1.29, 1.82) is 0 Å². The molecule has 102 valence electrons. The van der Waals surface area contributed by atoms with Crippen molar-refractivity contribution in [2.45, 2.75) is 32.7 Å². The van der Waals surface area contributed by atoms with Gasteiger partial charge >= 0.3 is 5.97 Å². The molecule has 1 atom stereocenters. The third kappa shape index (κ3) is 4.95. The fraction of sp³-hybridized carbons (Fsp3) is 0.333. The zero-order valence-corrected chi connectivity index (χ0v) is 11.2. The molecule has 4 nitrogen and oxygen atoms in total. The number of carbonyl (C=O) groups excluding carboxylic acids is 1. The van der Waals surface area contributed by atoms with Gasteiger partial charge in [-0.15, -0.1) is 0 Å². The van der Waals surface area contributed by atoms with Gasteiger partial charge in [0.05, 0.1) is 0 Å². The molecule has 1 amide bonds. The van der Waals surface area contributed by atoms with Crippen LogP contribution in [0.25, 0.3) is 0 Å². The van der Waals surface area contributed by atoms with E-state index in [9.17, 15) is 9.59 Å². The lowest BCUT2D eigenvalue weighted by molar-refractivity contribution is -0.141. The van der Waals surface area contributed by atoms with Crippen molar-refractivity contribution in [2.24, 2.45) is 0 Å². The molecular formula is C15H19NO3. The molecule has 0 aliphatic rings.